The summed E-state index contributed by atoms with van der Waals surface area (Å²) in [4.78, 5) is 23.5. The molecule has 0 atom stereocenters. The van der Waals surface area contributed by atoms with Crippen molar-refractivity contribution in [2.75, 3.05) is 23.9 Å². The van der Waals surface area contributed by atoms with Crippen LogP contribution < -0.4 is 20.7 Å². The smallest absolute Gasteiger partial charge is 0.316 e. The van der Waals surface area contributed by atoms with Crippen molar-refractivity contribution < 1.29 is 14.3 Å². The number of primary amides is 1. The average molecular weight is 221 g/mol. The van der Waals surface area contributed by atoms with Gasteiger partial charge in [-0.05, 0) is 18.2 Å². The number of nitrogens with zero attached hydrogens (tertiary/aromatic N) is 1. The van der Waals surface area contributed by atoms with Crippen LogP contribution in [0.1, 0.15) is 0 Å². The molecule has 16 heavy (non-hydrogen) atoms. The minimum atomic E-state index is -0.648. The van der Waals surface area contributed by atoms with E-state index >= 15 is 0 Å². The van der Waals surface area contributed by atoms with Crippen molar-refractivity contribution in [3.63, 3.8) is 0 Å². The van der Waals surface area contributed by atoms with Crippen molar-refractivity contribution in [1.82, 2.24) is 0 Å². The first-order valence-electron chi connectivity index (χ1n) is 4.68. The highest BCUT2D eigenvalue weighted by Gasteiger charge is 2.22. The zero-order valence-electron chi connectivity index (χ0n) is 8.69. The molecule has 3 N–H and O–H groups in total. The van der Waals surface area contributed by atoms with E-state index < -0.39 is 6.03 Å². The molecule has 84 valence electrons. The lowest BCUT2D eigenvalue weighted by molar-refractivity contribution is -0.120. The van der Waals surface area contributed by atoms with Crippen LogP contribution >= 0.6 is 0 Å². The number of fused-ring (bicyclic) bond motifs is 1. The molecular formula is C10H11N3O3. The van der Waals surface area contributed by atoms with Crippen molar-refractivity contribution in [2.45, 2.75) is 0 Å². The summed E-state index contributed by atoms with van der Waals surface area (Å²) in [5, 5.41) is 2.44. The van der Waals surface area contributed by atoms with Gasteiger partial charge in [-0.2, -0.15) is 0 Å². The number of carbonyl (C=O) groups excluding carboxylic acids is 2. The van der Waals surface area contributed by atoms with E-state index in [-0.39, 0.29) is 12.5 Å². The molecular weight excluding hydrogens is 210 g/mol. The van der Waals surface area contributed by atoms with Crippen LogP contribution in [0.5, 0.6) is 5.75 Å². The van der Waals surface area contributed by atoms with Crippen molar-refractivity contribution in [3.05, 3.63) is 18.2 Å². The zero-order chi connectivity index (χ0) is 11.7. The molecule has 1 heterocycles. The normalized spacial score (nSPS) is 14.1. The highest BCUT2D eigenvalue weighted by Crippen LogP contribution is 2.33. The van der Waals surface area contributed by atoms with Crippen LogP contribution in [-0.4, -0.2) is 25.6 Å². The third-order valence-corrected chi connectivity index (χ3v) is 2.31. The van der Waals surface area contributed by atoms with Gasteiger partial charge < -0.3 is 20.7 Å². The summed E-state index contributed by atoms with van der Waals surface area (Å²) in [5.74, 6) is 0.473. The van der Waals surface area contributed by atoms with Crippen LogP contribution in [0.4, 0.5) is 16.2 Å². The van der Waals surface area contributed by atoms with Crippen LogP contribution in [0, 0.1) is 0 Å². The Morgan fingerprint density at radius 1 is 1.56 bits per heavy atom. The van der Waals surface area contributed by atoms with Gasteiger partial charge in [0.25, 0.3) is 5.91 Å². The van der Waals surface area contributed by atoms with Gasteiger partial charge in [-0.3, -0.25) is 4.79 Å². The fourth-order valence-electron chi connectivity index (χ4n) is 1.49. The number of nitrogens with one attached hydrogen (secondary N) is 1. The van der Waals surface area contributed by atoms with E-state index in [2.05, 4.69) is 5.32 Å². The van der Waals surface area contributed by atoms with Crippen LogP contribution in [-0.2, 0) is 4.79 Å². The Bertz CT molecular complexity index is 459. The highest BCUT2D eigenvalue weighted by atomic mass is 16.5. The first-order chi connectivity index (χ1) is 7.58. The molecule has 1 aromatic rings. The molecule has 1 aromatic carbocycles. The molecule has 3 amide bonds. The lowest BCUT2D eigenvalue weighted by atomic mass is 10.2. The van der Waals surface area contributed by atoms with E-state index in [1.165, 1.54) is 4.90 Å². The average Bonchev–Trinajstić information content (AvgIpc) is 2.23. The van der Waals surface area contributed by atoms with Gasteiger partial charge >= 0.3 is 6.03 Å². The first-order valence-corrected chi connectivity index (χ1v) is 4.68. The van der Waals surface area contributed by atoms with Gasteiger partial charge in [0, 0.05) is 12.7 Å². The maximum Gasteiger partial charge on any atom is 0.316 e. The Balaban J connectivity index is 2.36. The molecule has 6 heteroatoms. The summed E-state index contributed by atoms with van der Waals surface area (Å²) < 4.78 is 5.23. The summed E-state index contributed by atoms with van der Waals surface area (Å²) in [7, 11) is 1.65. The van der Waals surface area contributed by atoms with E-state index in [9.17, 15) is 9.59 Å². The third kappa shape index (κ3) is 1.77. The van der Waals surface area contributed by atoms with Gasteiger partial charge in [-0.15, -0.1) is 0 Å². The summed E-state index contributed by atoms with van der Waals surface area (Å²) in [6, 6.07) is 4.33. The van der Waals surface area contributed by atoms with Crippen LogP contribution in [0.15, 0.2) is 18.2 Å². The Kier molecular flexibility index (Phi) is 2.40. The van der Waals surface area contributed by atoms with Gasteiger partial charge in [0.1, 0.15) is 5.75 Å². The third-order valence-electron chi connectivity index (χ3n) is 2.31. The monoisotopic (exact) mass is 221 g/mol. The number of benzene rings is 1. The summed E-state index contributed by atoms with van der Waals surface area (Å²) in [6.45, 7) is 0.0338. The molecule has 2 rings (SSSR count). The molecule has 1 aliphatic rings. The molecule has 0 saturated heterocycles. The molecule has 0 fully saturated rings. The number of carbonyl (C=O) groups is 2. The summed E-state index contributed by atoms with van der Waals surface area (Å²) >= 11 is 0. The Labute approximate surface area is 92.0 Å². The van der Waals surface area contributed by atoms with Gasteiger partial charge in [0.05, 0.1) is 5.69 Å². The SMILES string of the molecule is CN1C(=O)COc2ccc(NC(N)=O)cc21. The molecule has 0 aromatic heterocycles. The largest absolute Gasteiger partial charge is 0.482 e. The maximum absolute atomic E-state index is 11.4. The van der Waals surface area contributed by atoms with E-state index in [4.69, 9.17) is 10.5 Å². The molecule has 1 aliphatic heterocycles. The lowest BCUT2D eigenvalue weighted by Crippen LogP contribution is -2.35. The molecule has 0 aliphatic carbocycles. The molecule has 0 unspecified atom stereocenters. The second kappa shape index (κ2) is 3.73. The van der Waals surface area contributed by atoms with Gasteiger partial charge in [0.2, 0.25) is 0 Å². The number of hydrogen-bond acceptors (Lipinski definition) is 3. The second-order valence-electron chi connectivity index (χ2n) is 3.41. The minimum Gasteiger partial charge on any atom is -0.482 e. The number of ether oxygens (including phenoxy) is 1. The molecule has 0 radical (unpaired) electrons. The van der Waals surface area contributed by atoms with Crippen molar-refractivity contribution >= 4 is 23.3 Å². The fraction of sp³-hybridized carbons (Fsp3) is 0.200. The number of nitrogens with two attached hydrogens (primary N) is 1. The van der Waals surface area contributed by atoms with Gasteiger partial charge in [-0.25, -0.2) is 4.79 Å². The van der Waals surface area contributed by atoms with Crippen molar-refractivity contribution in [3.8, 4) is 5.75 Å². The number of anilines is 2. The quantitative estimate of drug-likeness (QED) is 0.725. The predicted octanol–water partition coefficient (Wildman–Crippen LogP) is 0.532. The van der Waals surface area contributed by atoms with Crippen molar-refractivity contribution in [1.29, 1.82) is 0 Å². The highest BCUT2D eigenvalue weighted by molar-refractivity contribution is 5.98. The van der Waals surface area contributed by atoms with Crippen LogP contribution in [0.3, 0.4) is 0 Å². The number of rotatable bonds is 1. The van der Waals surface area contributed by atoms with E-state index in [1.807, 2.05) is 0 Å². The predicted molar refractivity (Wildman–Crippen MR) is 58.6 cm³/mol. The fourth-order valence-corrected chi connectivity index (χ4v) is 1.49. The van der Waals surface area contributed by atoms with Gasteiger partial charge in [0.15, 0.2) is 6.61 Å². The second-order valence-corrected chi connectivity index (χ2v) is 3.41. The van der Waals surface area contributed by atoms with Crippen LogP contribution in [0.2, 0.25) is 0 Å². The van der Waals surface area contributed by atoms with E-state index in [1.54, 1.807) is 25.2 Å². The molecule has 0 saturated carbocycles. The molecule has 6 nitrogen and oxygen atoms in total. The van der Waals surface area contributed by atoms with Crippen LogP contribution in [0.25, 0.3) is 0 Å². The van der Waals surface area contributed by atoms with E-state index in [0.717, 1.165) is 0 Å². The van der Waals surface area contributed by atoms with Gasteiger partial charge in [-0.1, -0.05) is 0 Å². The summed E-state index contributed by atoms with van der Waals surface area (Å²) in [5.41, 5.74) is 6.14. The first kappa shape index (κ1) is 10.3. The Morgan fingerprint density at radius 3 is 3.00 bits per heavy atom. The van der Waals surface area contributed by atoms with E-state index in [0.29, 0.717) is 17.1 Å². The number of likely N-dealkylation sites (N-methyl/N-ethyl adjacent to an activating group) is 1. The maximum atomic E-state index is 11.4. The molecule has 0 spiro atoms. The number of amides is 3. The zero-order valence-corrected chi connectivity index (χ0v) is 8.69. The van der Waals surface area contributed by atoms with Crippen molar-refractivity contribution in [2.24, 2.45) is 5.73 Å². The topological polar surface area (TPSA) is 84.7 Å². The molecule has 0 bridgehead atoms. The summed E-state index contributed by atoms with van der Waals surface area (Å²) in [6.07, 6.45) is 0. The number of urea groups is 1. The Morgan fingerprint density at radius 2 is 2.31 bits per heavy atom. The Hall–Kier alpha value is -2.24. The standard InChI is InChI=1S/C10H11N3O3/c1-13-7-4-6(12-10(11)15)2-3-8(7)16-5-9(13)14/h2-4H,5H2,1H3,(H3,11,12,15). The lowest BCUT2D eigenvalue weighted by Gasteiger charge is -2.26. The number of hydrogen-bond donors (Lipinski definition) is 2. The minimum absolute atomic E-state index is 0.0338.